The molecule has 0 fully saturated rings. The minimum Gasteiger partial charge on any atom is -0.452 e. The molecule has 27 heavy (non-hydrogen) atoms. The number of benzene rings is 2. The molecule has 0 radical (unpaired) electrons. The average Bonchev–Trinajstić information content (AvgIpc) is 2.65. The van der Waals surface area contributed by atoms with Crippen molar-refractivity contribution in [3.05, 3.63) is 69.3 Å². The molecule has 142 valence electrons. The summed E-state index contributed by atoms with van der Waals surface area (Å²) in [7, 11) is 1.63. The van der Waals surface area contributed by atoms with Crippen molar-refractivity contribution >= 4 is 29.3 Å². The van der Waals surface area contributed by atoms with E-state index in [1.165, 1.54) is 30.0 Å². The molecular formula is C19H20N2O5S. The van der Waals surface area contributed by atoms with Gasteiger partial charge < -0.3 is 9.64 Å². The monoisotopic (exact) mass is 388 g/mol. The van der Waals surface area contributed by atoms with Crippen molar-refractivity contribution in [2.45, 2.75) is 18.4 Å². The number of esters is 1. The van der Waals surface area contributed by atoms with Crippen molar-refractivity contribution in [2.75, 3.05) is 19.9 Å². The molecule has 0 spiro atoms. The number of nitro benzene ring substituents is 1. The van der Waals surface area contributed by atoms with Gasteiger partial charge in [0, 0.05) is 30.1 Å². The van der Waals surface area contributed by atoms with Crippen LogP contribution in [0.15, 0.2) is 47.4 Å². The van der Waals surface area contributed by atoms with Crippen LogP contribution in [0.2, 0.25) is 0 Å². The summed E-state index contributed by atoms with van der Waals surface area (Å²) in [5.74, 6) is -1.03. The highest BCUT2D eigenvalue weighted by molar-refractivity contribution is 7.98. The molecule has 1 amide bonds. The van der Waals surface area contributed by atoms with Gasteiger partial charge in [0.25, 0.3) is 11.6 Å². The Morgan fingerprint density at radius 3 is 2.41 bits per heavy atom. The summed E-state index contributed by atoms with van der Waals surface area (Å²) in [6.45, 7) is 1.55. The molecule has 0 aromatic heterocycles. The van der Waals surface area contributed by atoms with Gasteiger partial charge in [-0.05, 0) is 43.0 Å². The van der Waals surface area contributed by atoms with Gasteiger partial charge in [-0.2, -0.15) is 0 Å². The van der Waals surface area contributed by atoms with E-state index in [4.69, 9.17) is 4.74 Å². The van der Waals surface area contributed by atoms with Crippen molar-refractivity contribution < 1.29 is 19.2 Å². The van der Waals surface area contributed by atoms with Crippen LogP contribution in [0.1, 0.15) is 21.5 Å². The van der Waals surface area contributed by atoms with Crippen LogP contribution in [-0.4, -0.2) is 41.6 Å². The minimum absolute atomic E-state index is 0.0742. The average molecular weight is 388 g/mol. The number of aryl methyl sites for hydroxylation is 1. The standard InChI is InChI=1S/C19H20N2O5S/c1-13-10-15(6-9-17(13)21(24)25)19(23)26-12-18(22)20(2)11-14-4-7-16(27-3)8-5-14/h4-10H,11-12H2,1-3H3. The molecule has 0 aliphatic rings. The number of hydrogen-bond donors (Lipinski definition) is 0. The largest absolute Gasteiger partial charge is 0.452 e. The van der Waals surface area contributed by atoms with Crippen LogP contribution in [-0.2, 0) is 16.1 Å². The predicted molar refractivity (Wildman–Crippen MR) is 103 cm³/mol. The molecule has 8 heteroatoms. The highest BCUT2D eigenvalue weighted by Crippen LogP contribution is 2.19. The fourth-order valence-corrected chi connectivity index (χ4v) is 2.81. The molecule has 2 aromatic carbocycles. The zero-order chi connectivity index (χ0) is 20.0. The van der Waals surface area contributed by atoms with Crippen LogP contribution >= 0.6 is 11.8 Å². The molecule has 0 saturated carbocycles. The van der Waals surface area contributed by atoms with Crippen LogP contribution in [0.4, 0.5) is 5.69 Å². The van der Waals surface area contributed by atoms with Gasteiger partial charge in [0.2, 0.25) is 0 Å². The Morgan fingerprint density at radius 2 is 1.85 bits per heavy atom. The maximum absolute atomic E-state index is 12.2. The fraction of sp³-hybridized carbons (Fsp3) is 0.263. The van der Waals surface area contributed by atoms with Crippen molar-refractivity contribution in [3.8, 4) is 0 Å². The first kappa shape index (κ1) is 20.4. The van der Waals surface area contributed by atoms with Gasteiger partial charge in [0.15, 0.2) is 6.61 Å². The molecule has 0 heterocycles. The molecule has 0 aliphatic heterocycles. The van der Waals surface area contributed by atoms with Crippen molar-refractivity contribution in [3.63, 3.8) is 0 Å². The summed E-state index contributed by atoms with van der Waals surface area (Å²) in [6, 6.07) is 11.8. The van der Waals surface area contributed by atoms with Crippen LogP contribution in [0.3, 0.4) is 0 Å². The van der Waals surface area contributed by atoms with E-state index in [0.29, 0.717) is 12.1 Å². The van der Waals surface area contributed by atoms with Gasteiger partial charge >= 0.3 is 5.97 Å². The number of likely N-dealkylation sites (N-methyl/N-ethyl adjacent to an activating group) is 1. The van der Waals surface area contributed by atoms with E-state index in [9.17, 15) is 19.7 Å². The number of amides is 1. The van der Waals surface area contributed by atoms with Crippen molar-refractivity contribution in [2.24, 2.45) is 0 Å². The van der Waals surface area contributed by atoms with Gasteiger partial charge in [-0.3, -0.25) is 14.9 Å². The smallest absolute Gasteiger partial charge is 0.338 e. The van der Waals surface area contributed by atoms with Gasteiger partial charge in [-0.25, -0.2) is 4.79 Å². The molecule has 0 saturated heterocycles. The lowest BCUT2D eigenvalue weighted by Crippen LogP contribution is -2.30. The summed E-state index contributed by atoms with van der Waals surface area (Å²) in [5, 5.41) is 10.8. The Hall–Kier alpha value is -2.87. The lowest BCUT2D eigenvalue weighted by molar-refractivity contribution is -0.385. The number of rotatable bonds is 7. The topological polar surface area (TPSA) is 89.8 Å². The Balaban J connectivity index is 1.90. The third-order valence-electron chi connectivity index (χ3n) is 3.96. The molecule has 0 aliphatic carbocycles. The molecule has 0 unspecified atom stereocenters. The molecule has 0 atom stereocenters. The van der Waals surface area contributed by atoms with Crippen molar-refractivity contribution in [1.29, 1.82) is 0 Å². The molecule has 0 bridgehead atoms. The normalized spacial score (nSPS) is 10.3. The molecule has 0 N–H and O–H groups in total. The maximum atomic E-state index is 12.2. The summed E-state index contributed by atoms with van der Waals surface area (Å²) in [4.78, 5) is 37.2. The van der Waals surface area contributed by atoms with Crippen LogP contribution < -0.4 is 0 Å². The first-order valence-electron chi connectivity index (χ1n) is 8.11. The second kappa shape index (κ2) is 9.18. The third-order valence-corrected chi connectivity index (χ3v) is 4.70. The number of ether oxygens (including phenoxy) is 1. The zero-order valence-electron chi connectivity index (χ0n) is 15.3. The number of nitro groups is 1. The van der Waals surface area contributed by atoms with E-state index < -0.39 is 17.5 Å². The first-order chi connectivity index (χ1) is 12.8. The SMILES string of the molecule is CSc1ccc(CN(C)C(=O)COC(=O)c2ccc([N+](=O)[O-])c(C)c2)cc1. The second-order valence-electron chi connectivity index (χ2n) is 5.93. The minimum atomic E-state index is -0.695. The highest BCUT2D eigenvalue weighted by atomic mass is 32.2. The Morgan fingerprint density at radius 1 is 1.19 bits per heavy atom. The number of thioether (sulfide) groups is 1. The lowest BCUT2D eigenvalue weighted by atomic mass is 10.1. The molecule has 2 aromatic rings. The lowest BCUT2D eigenvalue weighted by Gasteiger charge is -2.17. The van der Waals surface area contributed by atoms with Gasteiger partial charge in [0.1, 0.15) is 0 Å². The predicted octanol–water partition coefficient (Wildman–Crippen LogP) is 3.44. The van der Waals surface area contributed by atoms with Gasteiger partial charge in [-0.1, -0.05) is 12.1 Å². The second-order valence-corrected chi connectivity index (χ2v) is 6.81. The summed E-state index contributed by atoms with van der Waals surface area (Å²) >= 11 is 1.64. The van der Waals surface area contributed by atoms with Gasteiger partial charge in [-0.15, -0.1) is 11.8 Å². The highest BCUT2D eigenvalue weighted by Gasteiger charge is 2.17. The number of carbonyl (C=O) groups is 2. The molecule has 2 rings (SSSR count). The van der Waals surface area contributed by atoms with E-state index in [0.717, 1.165) is 10.5 Å². The van der Waals surface area contributed by atoms with E-state index >= 15 is 0 Å². The number of nitrogens with zero attached hydrogens (tertiary/aromatic N) is 2. The fourth-order valence-electron chi connectivity index (χ4n) is 2.40. The van der Waals surface area contributed by atoms with Gasteiger partial charge in [0.05, 0.1) is 10.5 Å². The Bertz CT molecular complexity index is 852. The first-order valence-corrected chi connectivity index (χ1v) is 9.33. The zero-order valence-corrected chi connectivity index (χ0v) is 16.1. The Labute approximate surface area is 161 Å². The number of hydrogen-bond acceptors (Lipinski definition) is 6. The van der Waals surface area contributed by atoms with E-state index in [-0.39, 0.29) is 17.2 Å². The Kier molecular flexibility index (Phi) is 6.95. The van der Waals surface area contributed by atoms with E-state index in [1.807, 2.05) is 30.5 Å². The number of carbonyl (C=O) groups excluding carboxylic acids is 2. The van der Waals surface area contributed by atoms with E-state index in [2.05, 4.69) is 0 Å². The van der Waals surface area contributed by atoms with Crippen molar-refractivity contribution in [1.82, 2.24) is 4.90 Å². The summed E-state index contributed by atoms with van der Waals surface area (Å²) < 4.78 is 5.04. The van der Waals surface area contributed by atoms with Crippen LogP contribution in [0.5, 0.6) is 0 Å². The van der Waals surface area contributed by atoms with Crippen LogP contribution in [0, 0.1) is 17.0 Å². The maximum Gasteiger partial charge on any atom is 0.338 e. The van der Waals surface area contributed by atoms with E-state index in [1.54, 1.807) is 18.8 Å². The summed E-state index contributed by atoms with van der Waals surface area (Å²) in [5.41, 5.74) is 1.42. The molecular weight excluding hydrogens is 368 g/mol. The summed E-state index contributed by atoms with van der Waals surface area (Å²) in [6.07, 6.45) is 1.99. The molecule has 7 nitrogen and oxygen atoms in total. The quantitative estimate of drug-likeness (QED) is 0.312. The van der Waals surface area contributed by atoms with Crippen LogP contribution in [0.25, 0.3) is 0 Å². The third kappa shape index (κ3) is 5.55.